The number of phosphoric ester groups is 1. The van der Waals surface area contributed by atoms with Gasteiger partial charge in [-0.1, -0.05) is 245 Å². The van der Waals surface area contributed by atoms with Crippen molar-refractivity contribution in [2.75, 3.05) is 6.61 Å². The van der Waals surface area contributed by atoms with Gasteiger partial charge in [0.25, 0.3) is 0 Å². The van der Waals surface area contributed by atoms with Crippen molar-refractivity contribution in [3.05, 3.63) is 0 Å². The maximum Gasteiger partial charge on any atom is 0.472 e. The molecule has 12 nitrogen and oxygen atoms in total. The van der Waals surface area contributed by atoms with Gasteiger partial charge < -0.3 is 40.8 Å². The number of hydrogen-bond acceptors (Lipinski definition) is 10. The van der Waals surface area contributed by atoms with E-state index in [0.29, 0.717) is 19.3 Å². The highest BCUT2D eigenvalue weighted by atomic mass is 31.2. The standard InChI is InChI=1S/C51H102NO11P/c1-3-5-7-9-11-13-15-17-18-19-20-21-22-23-24-25-26-27-29-31-33-35-37-39-41-45(54)52-43(44(53)40-38-36-34-32-30-28-16-14-12-10-8-6-4-2)42-62-64(60,61)63-51-49(58)47(56)46(55)48(57)50(51)59/h43-44,46-51,53,55-59H,3-42H2,1-2H3,(H,52,54)(H,60,61)/t43-,44+,46?,47+,48?,49?,50?,51?/m0/s1. The van der Waals surface area contributed by atoms with Crippen molar-refractivity contribution >= 4 is 13.7 Å². The second kappa shape index (κ2) is 41.3. The fourth-order valence-corrected chi connectivity index (χ4v) is 10.00. The van der Waals surface area contributed by atoms with E-state index in [0.717, 1.165) is 38.5 Å². The van der Waals surface area contributed by atoms with Gasteiger partial charge in [0, 0.05) is 6.42 Å². The Morgan fingerprint density at radius 1 is 0.469 bits per heavy atom. The number of carbonyl (C=O) groups is 1. The Kier molecular flexibility index (Phi) is 39.6. The minimum Gasteiger partial charge on any atom is -0.391 e. The Hall–Kier alpha value is -0.660. The molecule has 1 aliphatic rings. The molecule has 1 fully saturated rings. The molecule has 1 aliphatic carbocycles. The summed E-state index contributed by atoms with van der Waals surface area (Å²) in [6.07, 6.45) is 34.3. The third kappa shape index (κ3) is 32.2. The molecule has 0 bridgehead atoms. The van der Waals surface area contributed by atoms with Crippen molar-refractivity contribution in [1.29, 1.82) is 0 Å². The van der Waals surface area contributed by atoms with E-state index >= 15 is 0 Å². The summed E-state index contributed by atoms with van der Waals surface area (Å²) in [6, 6.07) is -1.03. The lowest BCUT2D eigenvalue weighted by Gasteiger charge is -2.41. The van der Waals surface area contributed by atoms with E-state index < -0.39 is 63.2 Å². The normalized spacial score (nSPS) is 22.1. The summed E-state index contributed by atoms with van der Waals surface area (Å²) in [5, 5.41) is 64.3. The van der Waals surface area contributed by atoms with Crippen LogP contribution in [-0.4, -0.2) is 96.8 Å². The van der Waals surface area contributed by atoms with Crippen LogP contribution in [0.2, 0.25) is 0 Å². The second-order valence-electron chi connectivity index (χ2n) is 19.4. The van der Waals surface area contributed by atoms with Crippen LogP contribution in [0.25, 0.3) is 0 Å². The predicted molar refractivity (Wildman–Crippen MR) is 260 cm³/mol. The predicted octanol–water partition coefficient (Wildman–Crippen LogP) is 11.4. The van der Waals surface area contributed by atoms with E-state index in [9.17, 15) is 44.9 Å². The van der Waals surface area contributed by atoms with Gasteiger partial charge in [-0.15, -0.1) is 0 Å². The van der Waals surface area contributed by atoms with Crippen LogP contribution in [0, 0.1) is 0 Å². The Balaban J connectivity index is 2.31. The third-order valence-corrected chi connectivity index (χ3v) is 14.4. The lowest BCUT2D eigenvalue weighted by atomic mass is 9.85. The molecule has 0 aliphatic heterocycles. The Morgan fingerprint density at radius 3 is 1.08 bits per heavy atom. The lowest BCUT2D eigenvalue weighted by molar-refractivity contribution is -0.220. The van der Waals surface area contributed by atoms with Gasteiger partial charge in [-0.05, 0) is 12.8 Å². The first kappa shape index (κ1) is 61.4. The Bertz CT molecular complexity index is 1090. The highest BCUT2D eigenvalue weighted by Crippen LogP contribution is 2.47. The van der Waals surface area contributed by atoms with Gasteiger partial charge in [-0.3, -0.25) is 13.8 Å². The molecule has 0 radical (unpaired) electrons. The number of nitrogens with one attached hydrogen (secondary N) is 1. The zero-order valence-electron chi connectivity index (χ0n) is 41.1. The minimum absolute atomic E-state index is 0.243. The maximum atomic E-state index is 13.0. The van der Waals surface area contributed by atoms with E-state index in [1.54, 1.807) is 0 Å². The third-order valence-electron chi connectivity index (χ3n) is 13.4. The quantitative estimate of drug-likeness (QED) is 0.0213. The van der Waals surface area contributed by atoms with Crippen LogP contribution < -0.4 is 5.32 Å². The topological polar surface area (TPSA) is 206 Å². The number of phosphoric acid groups is 1. The molecule has 0 spiro atoms. The molecule has 1 amide bonds. The Labute approximate surface area is 391 Å². The number of rotatable bonds is 46. The molecule has 0 aromatic carbocycles. The summed E-state index contributed by atoms with van der Waals surface area (Å²) in [6.45, 7) is 3.92. The molecule has 13 heteroatoms. The number of unbranched alkanes of at least 4 members (excludes halogenated alkanes) is 35. The lowest BCUT2D eigenvalue weighted by Crippen LogP contribution is -2.64. The van der Waals surface area contributed by atoms with Crippen LogP contribution in [0.4, 0.5) is 0 Å². The summed E-state index contributed by atoms with van der Waals surface area (Å²) >= 11 is 0. The van der Waals surface area contributed by atoms with Crippen molar-refractivity contribution in [3.63, 3.8) is 0 Å². The van der Waals surface area contributed by atoms with E-state index in [1.807, 2.05) is 0 Å². The summed E-state index contributed by atoms with van der Waals surface area (Å²) in [4.78, 5) is 23.5. The molecule has 0 heterocycles. The first-order valence-corrected chi connectivity index (χ1v) is 28.5. The smallest absolute Gasteiger partial charge is 0.391 e. The molecule has 64 heavy (non-hydrogen) atoms. The van der Waals surface area contributed by atoms with Gasteiger partial charge in [0.2, 0.25) is 5.91 Å². The number of aliphatic hydroxyl groups excluding tert-OH is 6. The van der Waals surface area contributed by atoms with Gasteiger partial charge >= 0.3 is 7.82 Å². The number of carbonyl (C=O) groups excluding carboxylic acids is 1. The van der Waals surface area contributed by atoms with Crippen LogP contribution in [-0.2, 0) is 18.4 Å². The van der Waals surface area contributed by atoms with Crippen molar-refractivity contribution < 1.29 is 53.9 Å². The van der Waals surface area contributed by atoms with Crippen LogP contribution in [0.15, 0.2) is 0 Å². The maximum absolute atomic E-state index is 13.0. The molecule has 0 aromatic heterocycles. The first-order chi connectivity index (χ1) is 30.9. The van der Waals surface area contributed by atoms with Crippen LogP contribution in [0.5, 0.6) is 0 Å². The van der Waals surface area contributed by atoms with E-state index in [2.05, 4.69) is 19.2 Å². The van der Waals surface area contributed by atoms with E-state index in [1.165, 1.54) is 186 Å². The fraction of sp³-hybridized carbons (Fsp3) is 0.980. The molecule has 6 unspecified atom stereocenters. The van der Waals surface area contributed by atoms with Crippen molar-refractivity contribution in [1.82, 2.24) is 5.32 Å². The molecule has 382 valence electrons. The number of hydrogen-bond donors (Lipinski definition) is 8. The summed E-state index contributed by atoms with van der Waals surface area (Å²) in [5.74, 6) is -0.302. The molecular formula is C51H102NO11P. The monoisotopic (exact) mass is 936 g/mol. The molecule has 9 atom stereocenters. The molecule has 0 aromatic rings. The number of aliphatic hydroxyl groups is 6. The van der Waals surface area contributed by atoms with Crippen LogP contribution in [0.3, 0.4) is 0 Å². The largest absolute Gasteiger partial charge is 0.472 e. The van der Waals surface area contributed by atoms with E-state index in [4.69, 9.17) is 9.05 Å². The molecule has 0 saturated heterocycles. The minimum atomic E-state index is -5.05. The van der Waals surface area contributed by atoms with Crippen molar-refractivity contribution in [2.45, 2.75) is 313 Å². The second-order valence-corrected chi connectivity index (χ2v) is 20.8. The Morgan fingerprint density at radius 2 is 0.750 bits per heavy atom. The first-order valence-electron chi connectivity index (χ1n) is 27.0. The van der Waals surface area contributed by atoms with Gasteiger partial charge in [0.15, 0.2) is 0 Å². The SMILES string of the molecule is CCCCCCCCCCCCCCCCCCCCCCCCCCC(=O)N[C@@H](COP(=O)(O)OC1C(O)C(O)C(O)[C@@H](O)C1O)[C@H](O)CCCCCCCCCCCCCCC. The van der Waals surface area contributed by atoms with E-state index in [-0.39, 0.29) is 12.3 Å². The van der Waals surface area contributed by atoms with Crippen molar-refractivity contribution in [3.8, 4) is 0 Å². The number of amides is 1. The van der Waals surface area contributed by atoms with Crippen LogP contribution in [0.1, 0.15) is 264 Å². The average molecular weight is 936 g/mol. The summed E-state index contributed by atoms with van der Waals surface area (Å²) in [7, 11) is -5.05. The molecule has 1 rings (SSSR count). The van der Waals surface area contributed by atoms with Gasteiger partial charge in [-0.2, -0.15) is 0 Å². The highest BCUT2D eigenvalue weighted by Gasteiger charge is 2.51. The summed E-state index contributed by atoms with van der Waals surface area (Å²) in [5.41, 5.74) is 0. The van der Waals surface area contributed by atoms with Crippen LogP contribution >= 0.6 is 7.82 Å². The zero-order valence-corrected chi connectivity index (χ0v) is 42.0. The molecule has 1 saturated carbocycles. The van der Waals surface area contributed by atoms with Gasteiger partial charge in [-0.25, -0.2) is 4.57 Å². The molecular weight excluding hydrogens is 834 g/mol. The van der Waals surface area contributed by atoms with Gasteiger partial charge in [0.05, 0.1) is 18.8 Å². The van der Waals surface area contributed by atoms with Gasteiger partial charge in [0.1, 0.15) is 36.6 Å². The van der Waals surface area contributed by atoms with Crippen molar-refractivity contribution in [2.24, 2.45) is 0 Å². The fourth-order valence-electron chi connectivity index (χ4n) is 9.03. The zero-order chi connectivity index (χ0) is 47.1. The average Bonchev–Trinajstić information content (AvgIpc) is 3.28. The molecule has 8 N–H and O–H groups in total. The summed E-state index contributed by atoms with van der Waals surface area (Å²) < 4.78 is 23.0. The highest BCUT2D eigenvalue weighted by molar-refractivity contribution is 7.47.